The fourth-order valence-electron chi connectivity index (χ4n) is 3.79. The lowest BCUT2D eigenvalue weighted by molar-refractivity contribution is 0.312. The van der Waals surface area contributed by atoms with Crippen LogP contribution in [0.1, 0.15) is 5.56 Å². The Morgan fingerprint density at radius 1 is 0.828 bits per heavy atom. The molecule has 0 atom stereocenters. The average molecular weight is 417 g/mol. The molecule has 0 bridgehead atoms. The van der Waals surface area contributed by atoms with Crippen molar-refractivity contribution < 1.29 is 8.42 Å². The molecule has 9 heteroatoms. The second-order valence-electron chi connectivity index (χ2n) is 7.65. The van der Waals surface area contributed by atoms with Crippen molar-refractivity contribution in [2.24, 2.45) is 0 Å². The molecule has 2 aromatic rings. The molecule has 4 rings (SSSR count). The van der Waals surface area contributed by atoms with Gasteiger partial charge in [-0.1, -0.05) is 30.3 Å². The van der Waals surface area contributed by atoms with Gasteiger partial charge in [0, 0.05) is 58.4 Å². The first kappa shape index (κ1) is 20.1. The number of rotatable bonds is 5. The normalized spacial score (nSPS) is 19.5. The van der Waals surface area contributed by atoms with Crippen LogP contribution in [-0.2, 0) is 15.8 Å². The molecular weight excluding hydrogens is 388 g/mol. The van der Waals surface area contributed by atoms with E-state index in [4.69, 9.17) is 0 Å². The Morgan fingerprint density at radius 3 is 1.97 bits per heavy atom. The van der Waals surface area contributed by atoms with Crippen LogP contribution in [-0.4, -0.2) is 87.0 Å². The fraction of sp³-hybridized carbons (Fsp3) is 0.500. The minimum Gasteiger partial charge on any atom is -0.354 e. The number of anilines is 2. The lowest BCUT2D eigenvalue weighted by Crippen LogP contribution is -2.49. The fourth-order valence-corrected chi connectivity index (χ4v) is 5.31. The van der Waals surface area contributed by atoms with E-state index < -0.39 is 10.0 Å². The highest BCUT2D eigenvalue weighted by atomic mass is 32.2. The van der Waals surface area contributed by atoms with E-state index in [0.717, 1.165) is 43.4 Å². The molecule has 2 saturated heterocycles. The summed E-state index contributed by atoms with van der Waals surface area (Å²) < 4.78 is 27.1. The number of piperazine rings is 2. The summed E-state index contributed by atoms with van der Waals surface area (Å²) in [5, 5.41) is 0. The first-order valence-corrected chi connectivity index (χ1v) is 11.6. The van der Waals surface area contributed by atoms with Gasteiger partial charge in [0.15, 0.2) is 0 Å². The van der Waals surface area contributed by atoms with E-state index in [-0.39, 0.29) is 5.75 Å². The van der Waals surface area contributed by atoms with E-state index >= 15 is 0 Å². The van der Waals surface area contributed by atoms with Gasteiger partial charge >= 0.3 is 0 Å². The van der Waals surface area contributed by atoms with Crippen LogP contribution in [0.15, 0.2) is 42.7 Å². The number of benzene rings is 1. The summed E-state index contributed by atoms with van der Waals surface area (Å²) >= 11 is 0. The van der Waals surface area contributed by atoms with Gasteiger partial charge in [-0.3, -0.25) is 0 Å². The van der Waals surface area contributed by atoms with Crippen molar-refractivity contribution >= 4 is 21.7 Å². The van der Waals surface area contributed by atoms with E-state index in [1.54, 1.807) is 10.6 Å². The van der Waals surface area contributed by atoms with E-state index in [1.807, 2.05) is 36.4 Å². The minimum atomic E-state index is -3.31. The van der Waals surface area contributed by atoms with Crippen LogP contribution < -0.4 is 9.80 Å². The van der Waals surface area contributed by atoms with Gasteiger partial charge in [0.05, 0.1) is 5.75 Å². The maximum Gasteiger partial charge on any atom is 0.218 e. The number of likely N-dealkylation sites (N-methyl/N-ethyl adjacent to an activating group) is 1. The summed E-state index contributed by atoms with van der Waals surface area (Å²) in [7, 11) is -1.18. The van der Waals surface area contributed by atoms with Gasteiger partial charge in [-0.15, -0.1) is 0 Å². The summed E-state index contributed by atoms with van der Waals surface area (Å²) in [4.78, 5) is 15.6. The Kier molecular flexibility index (Phi) is 5.98. The smallest absolute Gasteiger partial charge is 0.218 e. The van der Waals surface area contributed by atoms with Crippen molar-refractivity contribution in [2.75, 3.05) is 69.2 Å². The van der Waals surface area contributed by atoms with Crippen molar-refractivity contribution in [3.05, 3.63) is 48.3 Å². The van der Waals surface area contributed by atoms with Gasteiger partial charge in [-0.25, -0.2) is 18.4 Å². The monoisotopic (exact) mass is 416 g/mol. The number of nitrogens with zero attached hydrogens (tertiary/aromatic N) is 6. The number of aromatic nitrogens is 2. The zero-order chi connectivity index (χ0) is 20.3. The van der Waals surface area contributed by atoms with Crippen molar-refractivity contribution in [1.82, 2.24) is 19.2 Å². The van der Waals surface area contributed by atoms with Gasteiger partial charge in [0.25, 0.3) is 0 Å². The molecule has 29 heavy (non-hydrogen) atoms. The molecule has 0 amide bonds. The lowest BCUT2D eigenvalue weighted by atomic mass is 10.2. The molecule has 1 aromatic carbocycles. The molecule has 0 N–H and O–H groups in total. The van der Waals surface area contributed by atoms with Gasteiger partial charge in [0.2, 0.25) is 10.0 Å². The Morgan fingerprint density at radius 2 is 1.38 bits per heavy atom. The summed E-state index contributed by atoms with van der Waals surface area (Å²) in [5.74, 6) is 1.87. The van der Waals surface area contributed by atoms with Gasteiger partial charge < -0.3 is 14.7 Å². The summed E-state index contributed by atoms with van der Waals surface area (Å²) in [6, 6.07) is 11.4. The van der Waals surface area contributed by atoms with Crippen LogP contribution in [0.25, 0.3) is 0 Å². The topological polar surface area (TPSA) is 72.9 Å². The molecular formula is C20H28N6O2S. The van der Waals surface area contributed by atoms with Crippen molar-refractivity contribution in [3.63, 3.8) is 0 Å². The molecule has 1 aromatic heterocycles. The van der Waals surface area contributed by atoms with E-state index in [0.29, 0.717) is 26.2 Å². The summed E-state index contributed by atoms with van der Waals surface area (Å²) in [6.07, 6.45) is 1.61. The minimum absolute atomic E-state index is 0.0505. The summed E-state index contributed by atoms with van der Waals surface area (Å²) in [5.41, 5.74) is 0.822. The van der Waals surface area contributed by atoms with Gasteiger partial charge in [-0.05, 0) is 12.6 Å². The highest BCUT2D eigenvalue weighted by Crippen LogP contribution is 2.21. The molecule has 0 radical (unpaired) electrons. The third-order valence-electron chi connectivity index (χ3n) is 5.61. The quantitative estimate of drug-likeness (QED) is 0.716. The molecule has 0 spiro atoms. The highest BCUT2D eigenvalue weighted by Gasteiger charge is 2.28. The molecule has 0 unspecified atom stereocenters. The van der Waals surface area contributed by atoms with Crippen LogP contribution >= 0.6 is 0 Å². The predicted molar refractivity (Wildman–Crippen MR) is 115 cm³/mol. The number of hydrogen-bond donors (Lipinski definition) is 0. The van der Waals surface area contributed by atoms with E-state index in [2.05, 4.69) is 31.7 Å². The largest absolute Gasteiger partial charge is 0.354 e. The molecule has 2 aliphatic heterocycles. The molecule has 2 aliphatic rings. The van der Waals surface area contributed by atoms with Crippen LogP contribution in [0.2, 0.25) is 0 Å². The standard InChI is InChI=1S/C20H28N6O2S/c1-23-7-9-24(10-8-23)19-15-20(22-17-21-19)25-11-13-26(14-12-25)29(27,28)16-18-5-3-2-4-6-18/h2-6,15,17H,7-14,16H2,1H3. The van der Waals surface area contributed by atoms with E-state index in [1.165, 1.54) is 0 Å². The molecule has 0 saturated carbocycles. The van der Waals surface area contributed by atoms with Crippen LogP contribution in [0.5, 0.6) is 0 Å². The van der Waals surface area contributed by atoms with Gasteiger partial charge in [-0.2, -0.15) is 4.31 Å². The maximum atomic E-state index is 12.8. The van der Waals surface area contributed by atoms with Crippen LogP contribution in [0.3, 0.4) is 0 Å². The summed E-state index contributed by atoms with van der Waals surface area (Å²) in [6.45, 7) is 6.18. The SMILES string of the molecule is CN1CCN(c2cc(N3CCN(S(=O)(=O)Cc4ccccc4)CC3)ncn2)CC1. The lowest BCUT2D eigenvalue weighted by Gasteiger charge is -2.36. The molecule has 3 heterocycles. The molecule has 156 valence electrons. The Balaban J connectivity index is 1.38. The highest BCUT2D eigenvalue weighted by molar-refractivity contribution is 7.88. The average Bonchev–Trinajstić information content (AvgIpc) is 2.75. The second-order valence-corrected chi connectivity index (χ2v) is 9.62. The molecule has 0 aliphatic carbocycles. The third-order valence-corrected chi connectivity index (χ3v) is 7.46. The van der Waals surface area contributed by atoms with E-state index in [9.17, 15) is 8.42 Å². The van der Waals surface area contributed by atoms with Crippen molar-refractivity contribution in [1.29, 1.82) is 0 Å². The first-order chi connectivity index (χ1) is 14.0. The van der Waals surface area contributed by atoms with Crippen molar-refractivity contribution in [2.45, 2.75) is 5.75 Å². The number of hydrogen-bond acceptors (Lipinski definition) is 7. The number of sulfonamides is 1. The zero-order valence-corrected chi connectivity index (χ0v) is 17.6. The van der Waals surface area contributed by atoms with Crippen LogP contribution in [0, 0.1) is 0 Å². The predicted octanol–water partition coefficient (Wildman–Crippen LogP) is 0.880. The second kappa shape index (κ2) is 8.64. The third kappa shape index (κ3) is 4.85. The zero-order valence-electron chi connectivity index (χ0n) is 16.8. The van der Waals surface area contributed by atoms with Gasteiger partial charge in [0.1, 0.15) is 18.0 Å². The maximum absolute atomic E-state index is 12.8. The Labute approximate surface area is 172 Å². The molecule has 8 nitrogen and oxygen atoms in total. The first-order valence-electron chi connectivity index (χ1n) is 10.0. The van der Waals surface area contributed by atoms with Crippen LogP contribution in [0.4, 0.5) is 11.6 Å². The molecule has 2 fully saturated rings. The Hall–Kier alpha value is -2.23. The Bertz CT molecular complexity index is 908. The van der Waals surface area contributed by atoms with Crippen molar-refractivity contribution in [3.8, 4) is 0 Å².